The zero-order valence-electron chi connectivity index (χ0n) is 11.4. The molecule has 1 N–H and O–H groups in total. The lowest BCUT2D eigenvalue weighted by Gasteiger charge is -2.18. The third-order valence-electron chi connectivity index (χ3n) is 2.65. The van der Waals surface area contributed by atoms with Crippen LogP contribution in [-0.4, -0.2) is 44.1 Å². The molecule has 0 atom stereocenters. The Balaban J connectivity index is 2.84. The van der Waals surface area contributed by atoms with Gasteiger partial charge in [0.25, 0.3) is 0 Å². The summed E-state index contributed by atoms with van der Waals surface area (Å²) in [5, 5.41) is 8.65. The molecule has 0 aliphatic rings. The molecule has 0 aromatic heterocycles. The van der Waals surface area contributed by atoms with E-state index in [2.05, 4.69) is 5.92 Å². The summed E-state index contributed by atoms with van der Waals surface area (Å²) in [5.74, 6) is 2.91. The lowest BCUT2D eigenvalue weighted by Crippen LogP contribution is -2.31. The zero-order chi connectivity index (χ0) is 15.0. The molecule has 0 unspecified atom stereocenters. The quantitative estimate of drug-likeness (QED) is 0.576. The van der Waals surface area contributed by atoms with Crippen LogP contribution in [0, 0.1) is 12.3 Å². The van der Waals surface area contributed by atoms with Crippen LogP contribution in [0.2, 0.25) is 0 Å². The Bertz CT molecular complexity index is 546. The third-order valence-corrected chi connectivity index (χ3v) is 4.59. The highest BCUT2D eigenvalue weighted by molar-refractivity contribution is 7.89. The van der Waals surface area contributed by atoms with Gasteiger partial charge in [-0.15, -0.1) is 6.42 Å². The van der Waals surface area contributed by atoms with E-state index in [9.17, 15) is 8.42 Å². The van der Waals surface area contributed by atoms with Crippen molar-refractivity contribution in [2.45, 2.75) is 18.2 Å². The number of sulfonamides is 1. The van der Waals surface area contributed by atoms with Gasteiger partial charge in [0.2, 0.25) is 10.0 Å². The Morgan fingerprint density at radius 1 is 1.35 bits per heavy atom. The predicted molar refractivity (Wildman–Crippen MR) is 76.9 cm³/mol. The van der Waals surface area contributed by atoms with Gasteiger partial charge in [0.15, 0.2) is 0 Å². The van der Waals surface area contributed by atoms with Crippen LogP contribution in [0.3, 0.4) is 0 Å². The number of hydrogen-bond donors (Lipinski definition) is 1. The molecule has 1 aromatic rings. The number of aliphatic hydroxyl groups excluding tert-OH is 1. The molecule has 0 spiro atoms. The van der Waals surface area contributed by atoms with Crippen LogP contribution in [0.25, 0.3) is 0 Å². The molecule has 0 aliphatic heterocycles. The summed E-state index contributed by atoms with van der Waals surface area (Å²) in [4.78, 5) is 0.184. The highest BCUT2D eigenvalue weighted by atomic mass is 32.2. The van der Waals surface area contributed by atoms with Gasteiger partial charge in [-0.05, 0) is 24.3 Å². The van der Waals surface area contributed by atoms with E-state index >= 15 is 0 Å². The highest BCUT2D eigenvalue weighted by Gasteiger charge is 2.21. The Morgan fingerprint density at radius 3 is 2.50 bits per heavy atom. The fraction of sp³-hybridized carbons (Fsp3) is 0.429. The zero-order valence-corrected chi connectivity index (χ0v) is 12.3. The van der Waals surface area contributed by atoms with Gasteiger partial charge in [0.05, 0.1) is 18.0 Å². The maximum Gasteiger partial charge on any atom is 0.243 e. The van der Waals surface area contributed by atoms with Crippen molar-refractivity contribution in [3.63, 3.8) is 0 Å². The number of aliphatic hydroxyl groups is 1. The van der Waals surface area contributed by atoms with Crippen molar-refractivity contribution in [2.24, 2.45) is 0 Å². The van der Waals surface area contributed by atoms with Gasteiger partial charge in [-0.3, -0.25) is 0 Å². The third kappa shape index (κ3) is 4.23. The SMILES string of the molecule is C#CCN(CC)S(=O)(=O)c1ccc(OCCCO)cc1. The maximum absolute atomic E-state index is 12.3. The van der Waals surface area contributed by atoms with Crippen molar-refractivity contribution in [2.75, 3.05) is 26.3 Å². The van der Waals surface area contributed by atoms with Crippen molar-refractivity contribution in [3.8, 4) is 18.1 Å². The smallest absolute Gasteiger partial charge is 0.243 e. The van der Waals surface area contributed by atoms with Gasteiger partial charge in [0, 0.05) is 19.6 Å². The topological polar surface area (TPSA) is 66.8 Å². The molecule has 110 valence electrons. The van der Waals surface area contributed by atoms with Crippen LogP contribution < -0.4 is 4.74 Å². The molecular formula is C14H19NO4S. The lowest BCUT2D eigenvalue weighted by molar-refractivity contribution is 0.233. The van der Waals surface area contributed by atoms with Gasteiger partial charge >= 0.3 is 0 Å². The summed E-state index contributed by atoms with van der Waals surface area (Å²) in [6, 6.07) is 6.16. The molecule has 0 bridgehead atoms. The fourth-order valence-electron chi connectivity index (χ4n) is 1.58. The standard InChI is InChI=1S/C14H19NO4S/c1-3-10-15(4-2)20(17,18)14-8-6-13(7-9-14)19-12-5-11-16/h1,6-9,16H,4-5,10-12H2,2H3. The van der Waals surface area contributed by atoms with Crippen LogP contribution in [0.5, 0.6) is 5.75 Å². The first-order valence-electron chi connectivity index (χ1n) is 6.33. The Labute approximate surface area is 120 Å². The second kappa shape index (κ2) is 7.90. The number of ether oxygens (including phenoxy) is 1. The van der Waals surface area contributed by atoms with Crippen LogP contribution in [0.15, 0.2) is 29.2 Å². The molecule has 0 heterocycles. The van der Waals surface area contributed by atoms with E-state index in [1.54, 1.807) is 19.1 Å². The minimum absolute atomic E-state index is 0.0492. The van der Waals surface area contributed by atoms with Crippen LogP contribution in [0.4, 0.5) is 0 Å². The Hall–Kier alpha value is -1.55. The van der Waals surface area contributed by atoms with E-state index in [-0.39, 0.29) is 18.0 Å². The number of benzene rings is 1. The molecule has 0 fully saturated rings. The summed E-state index contributed by atoms with van der Waals surface area (Å²) in [7, 11) is -3.56. The second-order valence-corrected chi connectivity index (χ2v) is 5.97. The number of nitrogens with zero attached hydrogens (tertiary/aromatic N) is 1. The van der Waals surface area contributed by atoms with Gasteiger partial charge in [-0.1, -0.05) is 12.8 Å². The largest absolute Gasteiger partial charge is 0.494 e. The van der Waals surface area contributed by atoms with Crippen molar-refractivity contribution >= 4 is 10.0 Å². The first-order chi connectivity index (χ1) is 9.56. The maximum atomic E-state index is 12.3. The van der Waals surface area contributed by atoms with Gasteiger partial charge in [-0.2, -0.15) is 4.31 Å². The van der Waals surface area contributed by atoms with Crippen molar-refractivity contribution in [1.29, 1.82) is 0 Å². The van der Waals surface area contributed by atoms with Crippen LogP contribution in [-0.2, 0) is 10.0 Å². The predicted octanol–water partition coefficient (Wildman–Crippen LogP) is 1.09. The summed E-state index contributed by atoms with van der Waals surface area (Å²) >= 11 is 0. The molecule has 0 saturated carbocycles. The number of rotatable bonds is 8. The molecule has 1 aromatic carbocycles. The lowest BCUT2D eigenvalue weighted by atomic mass is 10.3. The molecule has 6 heteroatoms. The number of terminal acetylenes is 1. The Kier molecular flexibility index (Phi) is 6.52. The van der Waals surface area contributed by atoms with Crippen molar-refractivity contribution < 1.29 is 18.3 Å². The second-order valence-electron chi connectivity index (χ2n) is 4.03. The van der Waals surface area contributed by atoms with Crippen molar-refractivity contribution in [3.05, 3.63) is 24.3 Å². The molecule has 1 rings (SSSR count). The van der Waals surface area contributed by atoms with E-state index in [4.69, 9.17) is 16.3 Å². The van der Waals surface area contributed by atoms with E-state index in [0.29, 0.717) is 25.3 Å². The first-order valence-corrected chi connectivity index (χ1v) is 7.77. The van der Waals surface area contributed by atoms with E-state index in [1.807, 2.05) is 0 Å². The molecule has 0 amide bonds. The molecule has 0 radical (unpaired) electrons. The average Bonchev–Trinajstić information content (AvgIpc) is 2.45. The minimum atomic E-state index is -3.56. The van der Waals surface area contributed by atoms with Crippen molar-refractivity contribution in [1.82, 2.24) is 4.31 Å². The van der Waals surface area contributed by atoms with E-state index in [0.717, 1.165) is 0 Å². The van der Waals surface area contributed by atoms with E-state index < -0.39 is 10.0 Å². The van der Waals surface area contributed by atoms with Gasteiger partial charge < -0.3 is 9.84 Å². The molecule has 5 nitrogen and oxygen atoms in total. The molecule has 0 aliphatic carbocycles. The minimum Gasteiger partial charge on any atom is -0.494 e. The molecular weight excluding hydrogens is 278 g/mol. The molecule has 0 saturated heterocycles. The first kappa shape index (κ1) is 16.5. The summed E-state index contributed by atoms with van der Waals surface area (Å²) in [6.45, 7) is 2.56. The Morgan fingerprint density at radius 2 is 2.00 bits per heavy atom. The molecule has 20 heavy (non-hydrogen) atoms. The number of hydrogen-bond acceptors (Lipinski definition) is 4. The summed E-state index contributed by atoms with van der Waals surface area (Å²) in [6.07, 6.45) is 5.71. The van der Waals surface area contributed by atoms with E-state index in [1.165, 1.54) is 16.4 Å². The highest BCUT2D eigenvalue weighted by Crippen LogP contribution is 2.19. The van der Waals surface area contributed by atoms with Gasteiger partial charge in [0.1, 0.15) is 5.75 Å². The summed E-state index contributed by atoms with van der Waals surface area (Å²) in [5.41, 5.74) is 0. The summed E-state index contributed by atoms with van der Waals surface area (Å²) < 4.78 is 31.1. The van der Waals surface area contributed by atoms with Gasteiger partial charge in [-0.25, -0.2) is 8.42 Å². The monoisotopic (exact) mass is 297 g/mol. The normalized spacial score (nSPS) is 11.3. The van der Waals surface area contributed by atoms with Crippen LogP contribution >= 0.6 is 0 Å². The van der Waals surface area contributed by atoms with Crippen LogP contribution in [0.1, 0.15) is 13.3 Å². The average molecular weight is 297 g/mol. The fourth-order valence-corrected chi connectivity index (χ4v) is 2.94.